The lowest BCUT2D eigenvalue weighted by atomic mass is 10.1. The van der Waals surface area contributed by atoms with E-state index in [0.29, 0.717) is 38.9 Å². The molecule has 0 fully saturated rings. The molecule has 6 heteroatoms. The number of nitrogens with one attached hydrogen (secondary N) is 2. The standard InChI is InChI=1S/C28H48N2O4/c1-4-7-10-17-29-27(31)15-12-19-33-25-21-24(14-9-6-3)22-26(23-25)34-20-13-16-28(32)30-18-11-8-5-2/h21-23H,4-20H2,1-3H3,(H,29,31)(H,30,32). The van der Waals surface area contributed by atoms with Crippen LogP contribution < -0.4 is 20.1 Å². The molecule has 1 rings (SSSR count). The number of hydrogen-bond acceptors (Lipinski definition) is 4. The van der Waals surface area contributed by atoms with Gasteiger partial charge in [-0.05, 0) is 56.2 Å². The van der Waals surface area contributed by atoms with E-state index in [1.165, 1.54) is 5.56 Å². The second kappa shape index (κ2) is 20.2. The van der Waals surface area contributed by atoms with E-state index >= 15 is 0 Å². The molecule has 1 aromatic carbocycles. The first-order valence-electron chi connectivity index (χ1n) is 13.5. The van der Waals surface area contributed by atoms with Crippen LogP contribution in [0.15, 0.2) is 18.2 Å². The highest BCUT2D eigenvalue weighted by Crippen LogP contribution is 2.25. The van der Waals surface area contributed by atoms with Crippen molar-refractivity contribution in [3.8, 4) is 11.5 Å². The van der Waals surface area contributed by atoms with Crippen LogP contribution in [0.3, 0.4) is 0 Å². The second-order valence-corrected chi connectivity index (χ2v) is 8.93. The van der Waals surface area contributed by atoms with Crippen LogP contribution in [0, 0.1) is 0 Å². The summed E-state index contributed by atoms with van der Waals surface area (Å²) >= 11 is 0. The molecule has 0 aliphatic carbocycles. The molecular formula is C28H48N2O4. The van der Waals surface area contributed by atoms with Crippen molar-refractivity contribution in [1.82, 2.24) is 10.6 Å². The van der Waals surface area contributed by atoms with Crippen LogP contribution in [-0.2, 0) is 16.0 Å². The van der Waals surface area contributed by atoms with Gasteiger partial charge in [-0.2, -0.15) is 0 Å². The summed E-state index contributed by atoms with van der Waals surface area (Å²) in [5.74, 6) is 1.74. The van der Waals surface area contributed by atoms with E-state index in [4.69, 9.17) is 9.47 Å². The molecule has 0 bridgehead atoms. The Morgan fingerprint density at radius 1 is 0.647 bits per heavy atom. The molecule has 6 nitrogen and oxygen atoms in total. The van der Waals surface area contributed by atoms with Gasteiger partial charge < -0.3 is 20.1 Å². The van der Waals surface area contributed by atoms with Crippen LogP contribution in [0.4, 0.5) is 0 Å². The molecule has 0 heterocycles. The maximum atomic E-state index is 11.9. The van der Waals surface area contributed by atoms with Crippen molar-refractivity contribution in [3.05, 3.63) is 23.8 Å². The molecule has 0 radical (unpaired) electrons. The van der Waals surface area contributed by atoms with E-state index < -0.39 is 0 Å². The van der Waals surface area contributed by atoms with Gasteiger partial charge in [-0.15, -0.1) is 0 Å². The van der Waals surface area contributed by atoms with Crippen molar-refractivity contribution in [1.29, 1.82) is 0 Å². The van der Waals surface area contributed by atoms with Crippen molar-refractivity contribution in [2.75, 3.05) is 26.3 Å². The molecule has 34 heavy (non-hydrogen) atoms. The third-order valence-corrected chi connectivity index (χ3v) is 5.60. The highest BCUT2D eigenvalue weighted by molar-refractivity contribution is 5.76. The van der Waals surface area contributed by atoms with Gasteiger partial charge in [0, 0.05) is 32.0 Å². The van der Waals surface area contributed by atoms with Gasteiger partial charge in [0.05, 0.1) is 13.2 Å². The van der Waals surface area contributed by atoms with Crippen LogP contribution >= 0.6 is 0 Å². The predicted molar refractivity (Wildman–Crippen MR) is 140 cm³/mol. The van der Waals surface area contributed by atoms with Crippen molar-refractivity contribution < 1.29 is 19.1 Å². The summed E-state index contributed by atoms with van der Waals surface area (Å²) in [5, 5.41) is 5.94. The van der Waals surface area contributed by atoms with E-state index in [1.54, 1.807) is 0 Å². The fraction of sp³-hybridized carbons (Fsp3) is 0.714. The summed E-state index contributed by atoms with van der Waals surface area (Å²) < 4.78 is 11.9. The Balaban J connectivity index is 2.41. The third kappa shape index (κ3) is 15.6. The first-order chi connectivity index (χ1) is 16.6. The van der Waals surface area contributed by atoms with Gasteiger partial charge in [-0.25, -0.2) is 0 Å². The van der Waals surface area contributed by atoms with E-state index in [2.05, 4.69) is 43.5 Å². The summed E-state index contributed by atoms with van der Waals surface area (Å²) in [6, 6.07) is 6.04. The van der Waals surface area contributed by atoms with Crippen molar-refractivity contribution >= 4 is 11.8 Å². The molecular weight excluding hydrogens is 428 g/mol. The van der Waals surface area contributed by atoms with Gasteiger partial charge >= 0.3 is 0 Å². The Morgan fingerprint density at radius 2 is 1.12 bits per heavy atom. The lowest BCUT2D eigenvalue weighted by Gasteiger charge is -2.13. The Kier molecular flexibility index (Phi) is 17.7. The molecule has 0 aromatic heterocycles. The minimum Gasteiger partial charge on any atom is -0.493 e. The highest BCUT2D eigenvalue weighted by atomic mass is 16.5. The maximum Gasteiger partial charge on any atom is 0.220 e. The Bertz CT molecular complexity index is 628. The van der Waals surface area contributed by atoms with Gasteiger partial charge in [0.1, 0.15) is 11.5 Å². The molecule has 0 aliphatic heterocycles. The number of ether oxygens (including phenoxy) is 2. The fourth-order valence-corrected chi connectivity index (χ4v) is 3.55. The molecule has 0 spiro atoms. The van der Waals surface area contributed by atoms with Crippen molar-refractivity contribution in [3.63, 3.8) is 0 Å². The van der Waals surface area contributed by atoms with Crippen LogP contribution in [-0.4, -0.2) is 38.1 Å². The first-order valence-corrected chi connectivity index (χ1v) is 13.5. The average Bonchev–Trinajstić information content (AvgIpc) is 2.83. The van der Waals surface area contributed by atoms with Gasteiger partial charge in [0.25, 0.3) is 0 Å². The average molecular weight is 477 g/mol. The predicted octanol–water partition coefficient (Wildman–Crippen LogP) is 5.96. The molecule has 0 saturated heterocycles. The van der Waals surface area contributed by atoms with Gasteiger partial charge in [0.15, 0.2) is 0 Å². The van der Waals surface area contributed by atoms with E-state index in [-0.39, 0.29) is 11.8 Å². The first kappa shape index (κ1) is 29.8. The number of aryl methyl sites for hydroxylation is 1. The Labute approximate surface area is 207 Å². The summed E-state index contributed by atoms with van der Waals surface area (Å²) in [6.45, 7) is 9.00. The monoisotopic (exact) mass is 476 g/mol. The quantitative estimate of drug-likeness (QED) is 0.215. The van der Waals surface area contributed by atoms with Crippen LogP contribution in [0.25, 0.3) is 0 Å². The molecule has 0 unspecified atom stereocenters. The van der Waals surface area contributed by atoms with E-state index in [0.717, 1.165) is 82.4 Å². The zero-order valence-corrected chi connectivity index (χ0v) is 21.9. The number of amides is 2. The van der Waals surface area contributed by atoms with Crippen molar-refractivity contribution in [2.24, 2.45) is 0 Å². The molecule has 2 N–H and O–H groups in total. The van der Waals surface area contributed by atoms with Gasteiger partial charge in [-0.3, -0.25) is 9.59 Å². The van der Waals surface area contributed by atoms with Crippen LogP contribution in [0.2, 0.25) is 0 Å². The SMILES string of the molecule is CCCCCNC(=O)CCCOc1cc(CCCC)cc(OCCCC(=O)NCCCCC)c1. The smallest absolute Gasteiger partial charge is 0.220 e. The number of benzene rings is 1. The summed E-state index contributed by atoms with van der Waals surface area (Å²) in [5.41, 5.74) is 1.19. The van der Waals surface area contributed by atoms with Crippen LogP contribution in [0.1, 0.15) is 103 Å². The van der Waals surface area contributed by atoms with Gasteiger partial charge in [0.2, 0.25) is 11.8 Å². The summed E-state index contributed by atoms with van der Waals surface area (Å²) in [7, 11) is 0. The fourth-order valence-electron chi connectivity index (χ4n) is 3.55. The number of rotatable bonds is 21. The second-order valence-electron chi connectivity index (χ2n) is 8.93. The van der Waals surface area contributed by atoms with E-state index in [9.17, 15) is 9.59 Å². The summed E-state index contributed by atoms with van der Waals surface area (Å²) in [4.78, 5) is 23.8. The molecule has 1 aromatic rings. The third-order valence-electron chi connectivity index (χ3n) is 5.60. The molecule has 0 atom stereocenters. The van der Waals surface area contributed by atoms with Crippen LogP contribution in [0.5, 0.6) is 11.5 Å². The maximum absolute atomic E-state index is 11.9. The Hall–Kier alpha value is -2.24. The number of carbonyl (C=O) groups excluding carboxylic acids is 2. The summed E-state index contributed by atoms with van der Waals surface area (Å²) in [6.07, 6.45) is 12.2. The van der Waals surface area contributed by atoms with E-state index in [1.807, 2.05) is 6.07 Å². The highest BCUT2D eigenvalue weighted by Gasteiger charge is 2.07. The molecule has 0 aliphatic rings. The minimum absolute atomic E-state index is 0.0924. The Morgan fingerprint density at radius 3 is 1.56 bits per heavy atom. The molecule has 0 saturated carbocycles. The lowest BCUT2D eigenvalue weighted by molar-refractivity contribution is -0.122. The largest absolute Gasteiger partial charge is 0.493 e. The number of carbonyl (C=O) groups is 2. The number of hydrogen-bond donors (Lipinski definition) is 2. The van der Waals surface area contributed by atoms with Crippen molar-refractivity contribution in [2.45, 2.75) is 104 Å². The minimum atomic E-state index is 0.0924. The normalized spacial score (nSPS) is 10.7. The lowest BCUT2D eigenvalue weighted by Crippen LogP contribution is -2.24. The number of unbranched alkanes of at least 4 members (excludes halogenated alkanes) is 5. The molecule has 2 amide bonds. The topological polar surface area (TPSA) is 76.7 Å². The zero-order chi connectivity index (χ0) is 24.9. The molecule has 194 valence electrons. The van der Waals surface area contributed by atoms with Gasteiger partial charge in [-0.1, -0.05) is 52.9 Å². The zero-order valence-electron chi connectivity index (χ0n) is 21.9.